The largest absolute Gasteiger partial charge is 0.369 e. The Bertz CT molecular complexity index is 206. The molecular weight excluding hydrogens is 234 g/mol. The molecule has 0 aromatic heterocycles. The Labute approximate surface area is 87.6 Å². The van der Waals surface area contributed by atoms with E-state index >= 15 is 0 Å². The van der Waals surface area contributed by atoms with Crippen molar-refractivity contribution in [2.45, 2.75) is 32.5 Å². The van der Waals surface area contributed by atoms with E-state index in [1.807, 2.05) is 25.7 Å². The van der Waals surface area contributed by atoms with Gasteiger partial charge in [-0.1, -0.05) is 15.9 Å². The topological polar surface area (TPSA) is 29.5 Å². The molecule has 76 valence electrons. The maximum atomic E-state index is 11.4. The summed E-state index contributed by atoms with van der Waals surface area (Å²) in [7, 11) is 0. The predicted molar refractivity (Wildman–Crippen MR) is 55.0 cm³/mol. The van der Waals surface area contributed by atoms with Crippen LogP contribution in [0.5, 0.6) is 0 Å². The number of rotatable bonds is 1. The summed E-state index contributed by atoms with van der Waals surface area (Å²) < 4.78 is 5.69. The quantitative estimate of drug-likeness (QED) is 0.658. The van der Waals surface area contributed by atoms with E-state index in [0.29, 0.717) is 18.4 Å². The van der Waals surface area contributed by atoms with Crippen LogP contribution >= 0.6 is 15.9 Å². The summed E-state index contributed by atoms with van der Waals surface area (Å²) in [5.74, 6) is 0.142. The fourth-order valence-corrected chi connectivity index (χ4v) is 2.08. The zero-order chi connectivity index (χ0) is 10.1. The van der Waals surface area contributed by atoms with Gasteiger partial charge in [0.05, 0.1) is 17.0 Å². The SMILES string of the molecule is CC1CN(C(=O)CBr)CC(C)(C)O1. The van der Waals surface area contributed by atoms with Crippen molar-refractivity contribution in [3.8, 4) is 0 Å². The van der Waals surface area contributed by atoms with Crippen LogP contribution in [0.3, 0.4) is 0 Å². The van der Waals surface area contributed by atoms with Crippen molar-refractivity contribution >= 4 is 21.8 Å². The molecule has 1 aliphatic heterocycles. The van der Waals surface area contributed by atoms with Gasteiger partial charge in [0, 0.05) is 13.1 Å². The van der Waals surface area contributed by atoms with Gasteiger partial charge in [0.15, 0.2) is 0 Å². The van der Waals surface area contributed by atoms with E-state index < -0.39 is 0 Å². The van der Waals surface area contributed by atoms with Crippen molar-refractivity contribution < 1.29 is 9.53 Å². The lowest BCUT2D eigenvalue weighted by Crippen LogP contribution is -2.54. The molecule has 1 aliphatic rings. The van der Waals surface area contributed by atoms with Gasteiger partial charge in [-0.25, -0.2) is 0 Å². The molecule has 1 amide bonds. The van der Waals surface area contributed by atoms with Crippen LogP contribution in [0.2, 0.25) is 0 Å². The number of halogens is 1. The molecule has 1 unspecified atom stereocenters. The van der Waals surface area contributed by atoms with E-state index in [2.05, 4.69) is 15.9 Å². The van der Waals surface area contributed by atoms with Crippen LogP contribution in [-0.4, -0.2) is 40.9 Å². The number of ether oxygens (including phenoxy) is 1. The Morgan fingerprint density at radius 2 is 2.31 bits per heavy atom. The van der Waals surface area contributed by atoms with E-state index in [1.54, 1.807) is 0 Å². The first-order valence-electron chi connectivity index (χ1n) is 4.46. The molecule has 4 heteroatoms. The van der Waals surface area contributed by atoms with Crippen LogP contribution in [0, 0.1) is 0 Å². The summed E-state index contributed by atoms with van der Waals surface area (Å²) in [6, 6.07) is 0. The molecule has 3 nitrogen and oxygen atoms in total. The van der Waals surface area contributed by atoms with Crippen molar-refractivity contribution in [2.75, 3.05) is 18.4 Å². The molecule has 13 heavy (non-hydrogen) atoms. The van der Waals surface area contributed by atoms with Crippen LogP contribution in [0.15, 0.2) is 0 Å². The highest BCUT2D eigenvalue weighted by Gasteiger charge is 2.32. The average Bonchev–Trinajstić information content (AvgIpc) is 1.99. The van der Waals surface area contributed by atoms with E-state index in [4.69, 9.17) is 4.74 Å². The molecule has 0 spiro atoms. The van der Waals surface area contributed by atoms with Crippen molar-refractivity contribution in [1.82, 2.24) is 4.90 Å². The summed E-state index contributed by atoms with van der Waals surface area (Å²) >= 11 is 3.18. The summed E-state index contributed by atoms with van der Waals surface area (Å²) in [6.45, 7) is 7.40. The number of hydrogen-bond donors (Lipinski definition) is 0. The van der Waals surface area contributed by atoms with E-state index in [-0.39, 0.29) is 17.6 Å². The highest BCUT2D eigenvalue weighted by molar-refractivity contribution is 9.09. The summed E-state index contributed by atoms with van der Waals surface area (Å²) in [5, 5.41) is 0.399. The smallest absolute Gasteiger partial charge is 0.233 e. The first kappa shape index (κ1) is 11.0. The summed E-state index contributed by atoms with van der Waals surface area (Å²) in [5.41, 5.74) is -0.213. The molecule has 1 saturated heterocycles. The van der Waals surface area contributed by atoms with Crippen LogP contribution < -0.4 is 0 Å². The lowest BCUT2D eigenvalue weighted by atomic mass is 10.1. The average molecular weight is 250 g/mol. The van der Waals surface area contributed by atoms with Crippen molar-refractivity contribution in [3.63, 3.8) is 0 Å². The number of nitrogens with zero attached hydrogens (tertiary/aromatic N) is 1. The van der Waals surface area contributed by atoms with Gasteiger partial charge < -0.3 is 9.64 Å². The maximum Gasteiger partial charge on any atom is 0.233 e. The zero-order valence-electron chi connectivity index (χ0n) is 8.34. The number of carbonyl (C=O) groups excluding carboxylic acids is 1. The minimum Gasteiger partial charge on any atom is -0.369 e. The Kier molecular flexibility index (Phi) is 3.35. The molecule has 0 aliphatic carbocycles. The molecule has 0 saturated carbocycles. The van der Waals surface area contributed by atoms with Crippen LogP contribution in [0.1, 0.15) is 20.8 Å². The molecule has 0 N–H and O–H groups in total. The van der Waals surface area contributed by atoms with E-state index in [0.717, 1.165) is 0 Å². The molecule has 0 radical (unpaired) electrons. The molecule has 1 atom stereocenters. The lowest BCUT2D eigenvalue weighted by Gasteiger charge is -2.41. The minimum absolute atomic E-state index is 0.131. The van der Waals surface area contributed by atoms with Gasteiger partial charge in [-0.2, -0.15) is 0 Å². The molecule has 1 rings (SSSR count). The van der Waals surface area contributed by atoms with Gasteiger partial charge in [-0.15, -0.1) is 0 Å². The number of carbonyl (C=O) groups is 1. The monoisotopic (exact) mass is 249 g/mol. The Morgan fingerprint density at radius 3 is 2.77 bits per heavy atom. The Morgan fingerprint density at radius 1 is 1.69 bits per heavy atom. The fourth-order valence-electron chi connectivity index (χ4n) is 1.73. The lowest BCUT2D eigenvalue weighted by molar-refractivity contribution is -0.155. The molecule has 0 aromatic carbocycles. The maximum absolute atomic E-state index is 11.4. The first-order valence-corrected chi connectivity index (χ1v) is 5.58. The molecule has 1 heterocycles. The number of morpholine rings is 1. The van der Waals surface area contributed by atoms with Gasteiger partial charge in [0.1, 0.15) is 0 Å². The van der Waals surface area contributed by atoms with Crippen molar-refractivity contribution in [3.05, 3.63) is 0 Å². The molecular formula is C9H16BrNO2. The first-order chi connectivity index (χ1) is 5.94. The van der Waals surface area contributed by atoms with Gasteiger partial charge in [-0.3, -0.25) is 4.79 Å². The van der Waals surface area contributed by atoms with Crippen LogP contribution in [0.4, 0.5) is 0 Å². The fraction of sp³-hybridized carbons (Fsp3) is 0.889. The summed E-state index contributed by atoms with van der Waals surface area (Å²) in [6.07, 6.45) is 0.131. The number of alkyl halides is 1. The van der Waals surface area contributed by atoms with Crippen LogP contribution in [-0.2, 0) is 9.53 Å². The van der Waals surface area contributed by atoms with Gasteiger partial charge in [-0.05, 0) is 20.8 Å². The van der Waals surface area contributed by atoms with E-state index in [1.165, 1.54) is 0 Å². The zero-order valence-corrected chi connectivity index (χ0v) is 9.93. The molecule has 0 bridgehead atoms. The van der Waals surface area contributed by atoms with E-state index in [9.17, 15) is 4.79 Å². The highest BCUT2D eigenvalue weighted by atomic mass is 79.9. The summed E-state index contributed by atoms with van der Waals surface area (Å²) in [4.78, 5) is 13.3. The van der Waals surface area contributed by atoms with Crippen molar-refractivity contribution in [2.24, 2.45) is 0 Å². The van der Waals surface area contributed by atoms with Crippen molar-refractivity contribution in [1.29, 1.82) is 0 Å². The Hall–Kier alpha value is -0.0900. The van der Waals surface area contributed by atoms with Gasteiger partial charge in [0.25, 0.3) is 0 Å². The molecule has 0 aromatic rings. The second-order valence-electron chi connectivity index (χ2n) is 4.10. The van der Waals surface area contributed by atoms with Gasteiger partial charge in [0.2, 0.25) is 5.91 Å². The third-order valence-electron chi connectivity index (χ3n) is 2.04. The minimum atomic E-state index is -0.213. The highest BCUT2D eigenvalue weighted by Crippen LogP contribution is 2.20. The third kappa shape index (κ3) is 2.95. The van der Waals surface area contributed by atoms with Crippen LogP contribution in [0.25, 0.3) is 0 Å². The number of hydrogen-bond acceptors (Lipinski definition) is 2. The Balaban J connectivity index is 2.62. The normalized spacial score (nSPS) is 27.4. The number of amides is 1. The standard InChI is InChI=1S/C9H16BrNO2/c1-7-5-11(8(12)4-10)6-9(2,3)13-7/h7H,4-6H2,1-3H3. The molecule has 1 fully saturated rings. The second kappa shape index (κ2) is 3.96. The predicted octanol–water partition coefficient (Wildman–Crippen LogP) is 1.41. The second-order valence-corrected chi connectivity index (χ2v) is 4.66. The third-order valence-corrected chi connectivity index (χ3v) is 2.52. The van der Waals surface area contributed by atoms with Gasteiger partial charge >= 0.3 is 0 Å².